The van der Waals surface area contributed by atoms with Crippen LogP contribution in [0.3, 0.4) is 0 Å². The van der Waals surface area contributed by atoms with Crippen molar-refractivity contribution in [2.75, 3.05) is 13.6 Å². The van der Waals surface area contributed by atoms with Gasteiger partial charge in [-0.2, -0.15) is 0 Å². The minimum Gasteiger partial charge on any atom is -0.315 e. The second-order valence-corrected chi connectivity index (χ2v) is 9.12. The van der Waals surface area contributed by atoms with Crippen LogP contribution in [0.2, 0.25) is 0 Å². The molecule has 2 aromatic rings. The Morgan fingerprint density at radius 1 is 1.45 bits per heavy atom. The lowest BCUT2D eigenvalue weighted by Crippen LogP contribution is -2.25. The van der Waals surface area contributed by atoms with E-state index in [4.69, 9.17) is 0 Å². The Labute approximate surface area is 134 Å². The third kappa shape index (κ3) is 4.09. The van der Waals surface area contributed by atoms with E-state index in [1.165, 1.54) is 22.7 Å². The van der Waals surface area contributed by atoms with Crippen LogP contribution in [0.25, 0.3) is 0 Å². The van der Waals surface area contributed by atoms with E-state index in [0.717, 1.165) is 9.88 Å². The predicted molar refractivity (Wildman–Crippen MR) is 85.8 cm³/mol. The fourth-order valence-electron chi connectivity index (χ4n) is 1.59. The minimum atomic E-state index is -3.48. The summed E-state index contributed by atoms with van der Waals surface area (Å²) in [6.45, 7) is 0.997. The van der Waals surface area contributed by atoms with Gasteiger partial charge in [0.05, 0.1) is 8.79 Å². The molecule has 0 spiro atoms. The summed E-state index contributed by atoms with van der Waals surface area (Å²) in [5.41, 5.74) is 0. The topological polar surface area (TPSA) is 71.1 Å². The van der Waals surface area contributed by atoms with Crippen LogP contribution >= 0.6 is 38.6 Å². The van der Waals surface area contributed by atoms with Crippen molar-refractivity contribution in [3.63, 3.8) is 0 Å². The van der Waals surface area contributed by atoms with Crippen LogP contribution in [-0.4, -0.2) is 27.0 Å². The molecule has 0 unspecified atom stereocenters. The van der Waals surface area contributed by atoms with Crippen molar-refractivity contribution in [3.05, 3.63) is 31.3 Å². The van der Waals surface area contributed by atoms with Crippen molar-refractivity contribution in [1.82, 2.24) is 15.0 Å². The van der Waals surface area contributed by atoms with E-state index in [0.29, 0.717) is 28.2 Å². The van der Waals surface area contributed by atoms with Gasteiger partial charge >= 0.3 is 0 Å². The number of thiazole rings is 1. The molecule has 2 N–H and O–H groups in total. The second kappa shape index (κ2) is 7.10. The number of rotatable bonds is 7. The second-order valence-electron chi connectivity index (χ2n) is 3.95. The molecule has 2 aromatic heterocycles. The molecule has 2 rings (SSSR count). The Balaban J connectivity index is 2.02. The number of halogens is 1. The van der Waals surface area contributed by atoms with Crippen LogP contribution in [0.1, 0.15) is 9.88 Å². The summed E-state index contributed by atoms with van der Waals surface area (Å²) < 4.78 is 27.7. The molecule has 0 atom stereocenters. The average Bonchev–Trinajstić information content (AvgIpc) is 2.99. The zero-order valence-corrected chi connectivity index (χ0v) is 14.8. The van der Waals surface area contributed by atoms with E-state index in [-0.39, 0.29) is 0 Å². The maximum Gasteiger partial charge on any atom is 0.242 e. The molecule has 0 aliphatic carbocycles. The molecule has 20 heavy (non-hydrogen) atoms. The molecule has 0 bridgehead atoms. The number of nitrogens with one attached hydrogen (secondary N) is 2. The van der Waals surface area contributed by atoms with E-state index < -0.39 is 10.0 Å². The molecule has 0 aliphatic rings. The third-order valence-electron chi connectivity index (χ3n) is 2.46. The molecule has 5 nitrogen and oxygen atoms in total. The van der Waals surface area contributed by atoms with Crippen molar-refractivity contribution in [2.45, 2.75) is 17.9 Å². The highest BCUT2D eigenvalue weighted by Gasteiger charge is 2.20. The van der Waals surface area contributed by atoms with Crippen LogP contribution in [0, 0.1) is 0 Å². The summed E-state index contributed by atoms with van der Waals surface area (Å²) >= 11 is 6.26. The van der Waals surface area contributed by atoms with Crippen LogP contribution in [-0.2, 0) is 23.0 Å². The Morgan fingerprint density at radius 3 is 2.90 bits per heavy atom. The first-order valence-electron chi connectivity index (χ1n) is 5.84. The first-order chi connectivity index (χ1) is 9.53. The molecule has 0 fully saturated rings. The Hall–Kier alpha value is -0.320. The quantitative estimate of drug-likeness (QED) is 0.753. The van der Waals surface area contributed by atoms with Crippen LogP contribution in [0.15, 0.2) is 26.3 Å². The van der Waals surface area contributed by atoms with Gasteiger partial charge in [0, 0.05) is 36.0 Å². The molecule has 2 heterocycles. The van der Waals surface area contributed by atoms with Crippen molar-refractivity contribution in [1.29, 1.82) is 0 Å². The molecule has 0 saturated carbocycles. The first kappa shape index (κ1) is 16.1. The SMILES string of the molecule is CNCc1cc(S(=O)(=O)NCCc2nccs2)c(Br)s1. The van der Waals surface area contributed by atoms with Gasteiger partial charge < -0.3 is 5.32 Å². The molecule has 0 aliphatic heterocycles. The Morgan fingerprint density at radius 2 is 2.25 bits per heavy atom. The molecule has 9 heteroatoms. The van der Waals surface area contributed by atoms with Gasteiger partial charge in [-0.15, -0.1) is 22.7 Å². The van der Waals surface area contributed by atoms with Gasteiger partial charge in [-0.1, -0.05) is 0 Å². The highest BCUT2D eigenvalue weighted by Crippen LogP contribution is 2.31. The lowest BCUT2D eigenvalue weighted by molar-refractivity contribution is 0.581. The van der Waals surface area contributed by atoms with Crippen molar-refractivity contribution in [3.8, 4) is 0 Å². The van der Waals surface area contributed by atoms with Crippen LogP contribution in [0.5, 0.6) is 0 Å². The minimum absolute atomic E-state index is 0.298. The number of hydrogen-bond acceptors (Lipinski definition) is 6. The molecule has 0 saturated heterocycles. The summed E-state index contributed by atoms with van der Waals surface area (Å²) in [5.74, 6) is 0. The number of hydrogen-bond donors (Lipinski definition) is 2. The zero-order valence-electron chi connectivity index (χ0n) is 10.7. The van der Waals surface area contributed by atoms with Gasteiger partial charge in [0.25, 0.3) is 0 Å². The molecule has 110 valence electrons. The summed E-state index contributed by atoms with van der Waals surface area (Å²) in [4.78, 5) is 5.39. The summed E-state index contributed by atoms with van der Waals surface area (Å²) in [5, 5.41) is 5.81. The monoisotopic (exact) mass is 395 g/mol. The Kier molecular flexibility index (Phi) is 5.70. The predicted octanol–water partition coefficient (Wildman–Crippen LogP) is 2.21. The van der Waals surface area contributed by atoms with Gasteiger partial charge in [0.15, 0.2) is 0 Å². The molecule has 0 radical (unpaired) electrons. The first-order valence-corrected chi connectivity index (χ1v) is 9.81. The number of sulfonamides is 1. The zero-order chi connectivity index (χ0) is 14.6. The maximum absolute atomic E-state index is 12.2. The van der Waals surface area contributed by atoms with Crippen LogP contribution < -0.4 is 10.0 Å². The van der Waals surface area contributed by atoms with Gasteiger partial charge in [0.1, 0.15) is 4.90 Å². The van der Waals surface area contributed by atoms with Crippen LogP contribution in [0.4, 0.5) is 0 Å². The largest absolute Gasteiger partial charge is 0.315 e. The molecule has 0 aromatic carbocycles. The smallest absolute Gasteiger partial charge is 0.242 e. The lowest BCUT2D eigenvalue weighted by Gasteiger charge is -2.04. The standard InChI is InChI=1S/C11H14BrN3O2S3/c1-13-7-8-6-9(11(12)19-8)20(16,17)15-3-2-10-14-4-5-18-10/h4-6,13,15H,2-3,7H2,1H3. The summed E-state index contributed by atoms with van der Waals surface area (Å²) in [6.07, 6.45) is 2.32. The normalized spacial score (nSPS) is 11.9. The number of aromatic nitrogens is 1. The van der Waals surface area contributed by atoms with E-state index in [9.17, 15) is 8.42 Å². The highest BCUT2D eigenvalue weighted by molar-refractivity contribution is 9.11. The average molecular weight is 396 g/mol. The van der Waals surface area contributed by atoms with Gasteiger partial charge in [0.2, 0.25) is 10.0 Å². The number of thiophene rings is 1. The van der Waals surface area contributed by atoms with Gasteiger partial charge in [-0.3, -0.25) is 0 Å². The summed E-state index contributed by atoms with van der Waals surface area (Å²) in [7, 11) is -1.65. The Bertz CT molecular complexity index is 653. The van der Waals surface area contributed by atoms with E-state index in [1.54, 1.807) is 12.3 Å². The van der Waals surface area contributed by atoms with Crippen molar-refractivity contribution >= 4 is 48.6 Å². The van der Waals surface area contributed by atoms with E-state index >= 15 is 0 Å². The molecular weight excluding hydrogens is 382 g/mol. The molecule has 0 amide bonds. The lowest BCUT2D eigenvalue weighted by atomic mass is 10.5. The van der Waals surface area contributed by atoms with Gasteiger partial charge in [-0.05, 0) is 29.0 Å². The van der Waals surface area contributed by atoms with E-state index in [1.807, 2.05) is 12.4 Å². The maximum atomic E-state index is 12.2. The van der Waals surface area contributed by atoms with Crippen molar-refractivity contribution in [2.24, 2.45) is 0 Å². The van der Waals surface area contributed by atoms with Crippen molar-refractivity contribution < 1.29 is 8.42 Å². The van der Waals surface area contributed by atoms with Gasteiger partial charge in [-0.25, -0.2) is 18.1 Å². The highest BCUT2D eigenvalue weighted by atomic mass is 79.9. The number of nitrogens with zero attached hydrogens (tertiary/aromatic N) is 1. The fourth-order valence-corrected chi connectivity index (χ4v) is 5.93. The fraction of sp³-hybridized carbons (Fsp3) is 0.364. The van der Waals surface area contributed by atoms with E-state index in [2.05, 4.69) is 31.0 Å². The molecular formula is C11H14BrN3O2S3. The summed E-state index contributed by atoms with van der Waals surface area (Å²) in [6, 6.07) is 1.69. The third-order valence-corrected chi connectivity index (χ3v) is 7.01.